The zero-order valence-electron chi connectivity index (χ0n) is 20.0. The molecule has 1 atom stereocenters. The number of nitrogens with one attached hydrogen (secondary N) is 2. The van der Waals surface area contributed by atoms with Crippen molar-refractivity contribution in [3.05, 3.63) is 30.5 Å². The fraction of sp³-hybridized carbons (Fsp3) is 0.520. The van der Waals surface area contributed by atoms with Crippen LogP contribution in [0.25, 0.3) is 11.4 Å². The smallest absolute Gasteiger partial charge is 0.239 e. The van der Waals surface area contributed by atoms with Gasteiger partial charge in [-0.1, -0.05) is 0 Å². The van der Waals surface area contributed by atoms with Crippen molar-refractivity contribution < 1.29 is 19.1 Å². The van der Waals surface area contributed by atoms with Crippen LogP contribution in [-0.2, 0) is 19.1 Å². The standard InChI is InChI=1S/C25H32N6O4/c1-17(32)28-20-4-2-19(3-5-20)24-27-13-22-25(29-24)31-8-11-35-16-21(31)14-30(22)15-23(33)26-12-18-6-9-34-10-7-18/h2-5,13,18,21H,6-12,14-16H2,1H3,(H,26,33)(H,28,32). The van der Waals surface area contributed by atoms with E-state index in [-0.39, 0.29) is 24.4 Å². The Morgan fingerprint density at radius 3 is 2.69 bits per heavy atom. The van der Waals surface area contributed by atoms with E-state index in [1.165, 1.54) is 6.92 Å². The van der Waals surface area contributed by atoms with Gasteiger partial charge in [0.25, 0.3) is 0 Å². The molecular formula is C25H32N6O4. The summed E-state index contributed by atoms with van der Waals surface area (Å²) < 4.78 is 11.1. The van der Waals surface area contributed by atoms with Gasteiger partial charge >= 0.3 is 0 Å². The van der Waals surface area contributed by atoms with Crippen LogP contribution >= 0.6 is 0 Å². The van der Waals surface area contributed by atoms with Crippen molar-refractivity contribution in [1.29, 1.82) is 0 Å². The summed E-state index contributed by atoms with van der Waals surface area (Å²) in [5, 5.41) is 5.88. The number of morpholine rings is 1. The summed E-state index contributed by atoms with van der Waals surface area (Å²) >= 11 is 0. The third-order valence-corrected chi connectivity index (χ3v) is 6.75. The Kier molecular flexibility index (Phi) is 7.10. The van der Waals surface area contributed by atoms with Crippen molar-refractivity contribution in [3.8, 4) is 11.4 Å². The predicted octanol–water partition coefficient (Wildman–Crippen LogP) is 1.67. The van der Waals surface area contributed by atoms with Gasteiger partial charge in [0, 0.05) is 51.0 Å². The van der Waals surface area contributed by atoms with Crippen LogP contribution in [0.5, 0.6) is 0 Å². The van der Waals surface area contributed by atoms with E-state index >= 15 is 0 Å². The molecule has 0 saturated carbocycles. The minimum atomic E-state index is -0.113. The molecule has 0 aliphatic carbocycles. The molecule has 0 radical (unpaired) electrons. The van der Waals surface area contributed by atoms with Gasteiger partial charge in [0.05, 0.1) is 37.7 Å². The lowest BCUT2D eigenvalue weighted by atomic mass is 10.0. The van der Waals surface area contributed by atoms with Crippen molar-refractivity contribution in [2.24, 2.45) is 5.92 Å². The molecule has 2 N–H and O–H groups in total. The van der Waals surface area contributed by atoms with Crippen molar-refractivity contribution in [2.75, 3.05) is 67.7 Å². The zero-order chi connectivity index (χ0) is 24.2. The number of hydrogen-bond donors (Lipinski definition) is 2. The molecule has 10 heteroatoms. The summed E-state index contributed by atoms with van der Waals surface area (Å²) in [6.07, 6.45) is 3.80. The molecule has 35 heavy (non-hydrogen) atoms. The summed E-state index contributed by atoms with van der Waals surface area (Å²) in [4.78, 5) is 38.0. The van der Waals surface area contributed by atoms with Crippen LogP contribution < -0.4 is 20.4 Å². The molecule has 2 aromatic rings. The molecule has 1 aromatic heterocycles. The van der Waals surface area contributed by atoms with E-state index < -0.39 is 0 Å². The van der Waals surface area contributed by atoms with Gasteiger partial charge in [-0.2, -0.15) is 0 Å². The molecular weight excluding hydrogens is 448 g/mol. The van der Waals surface area contributed by atoms with Crippen molar-refractivity contribution >= 4 is 29.0 Å². The first kappa shape index (κ1) is 23.5. The number of hydrogen-bond acceptors (Lipinski definition) is 8. The van der Waals surface area contributed by atoms with E-state index in [1.54, 1.807) is 0 Å². The van der Waals surface area contributed by atoms with Gasteiger partial charge in [-0.15, -0.1) is 0 Å². The molecule has 5 rings (SSSR count). The van der Waals surface area contributed by atoms with E-state index in [9.17, 15) is 9.59 Å². The topological polar surface area (TPSA) is 109 Å². The number of carbonyl (C=O) groups is 2. The van der Waals surface area contributed by atoms with Crippen LogP contribution in [0.2, 0.25) is 0 Å². The summed E-state index contributed by atoms with van der Waals surface area (Å²) in [5.74, 6) is 1.81. The monoisotopic (exact) mass is 480 g/mol. The molecule has 2 fully saturated rings. The van der Waals surface area contributed by atoms with Crippen LogP contribution in [0.15, 0.2) is 30.5 Å². The number of nitrogens with zero attached hydrogens (tertiary/aromatic N) is 4. The summed E-state index contributed by atoms with van der Waals surface area (Å²) in [6.45, 7) is 6.65. The van der Waals surface area contributed by atoms with Gasteiger partial charge in [0.15, 0.2) is 11.6 Å². The lowest BCUT2D eigenvalue weighted by molar-refractivity contribution is -0.120. The van der Waals surface area contributed by atoms with Gasteiger partial charge in [0.2, 0.25) is 11.8 Å². The Hall–Kier alpha value is -3.24. The van der Waals surface area contributed by atoms with Gasteiger partial charge in [0.1, 0.15) is 0 Å². The molecule has 4 heterocycles. The number of fused-ring (bicyclic) bond motifs is 3. The number of benzene rings is 1. The summed E-state index contributed by atoms with van der Waals surface area (Å²) in [6, 6.07) is 7.60. The number of ether oxygens (including phenoxy) is 2. The molecule has 186 valence electrons. The Morgan fingerprint density at radius 1 is 1.11 bits per heavy atom. The van der Waals surface area contributed by atoms with Crippen molar-refractivity contribution in [2.45, 2.75) is 25.8 Å². The van der Waals surface area contributed by atoms with Gasteiger partial charge < -0.3 is 29.9 Å². The molecule has 0 spiro atoms. The Balaban J connectivity index is 1.34. The SMILES string of the molecule is CC(=O)Nc1ccc(-c2ncc3c(n2)N2CCOCC2CN3CC(=O)NCC2CCOCC2)cc1. The second-order valence-corrected chi connectivity index (χ2v) is 9.32. The highest BCUT2D eigenvalue weighted by Crippen LogP contribution is 2.35. The highest BCUT2D eigenvalue weighted by Gasteiger charge is 2.35. The fourth-order valence-corrected chi connectivity index (χ4v) is 4.87. The summed E-state index contributed by atoms with van der Waals surface area (Å²) in [7, 11) is 0. The maximum absolute atomic E-state index is 12.8. The van der Waals surface area contributed by atoms with Crippen LogP contribution in [0.4, 0.5) is 17.2 Å². The zero-order valence-corrected chi connectivity index (χ0v) is 20.0. The Bertz CT molecular complexity index is 1060. The fourth-order valence-electron chi connectivity index (χ4n) is 4.87. The minimum absolute atomic E-state index is 0.00487. The number of anilines is 3. The highest BCUT2D eigenvalue weighted by atomic mass is 16.5. The minimum Gasteiger partial charge on any atom is -0.381 e. The molecule has 1 aromatic carbocycles. The molecule has 10 nitrogen and oxygen atoms in total. The second kappa shape index (κ2) is 10.6. The quantitative estimate of drug-likeness (QED) is 0.643. The number of amides is 2. The first-order valence-electron chi connectivity index (χ1n) is 12.3. The average Bonchev–Trinajstić information content (AvgIpc) is 2.88. The molecule has 3 aliphatic heterocycles. The predicted molar refractivity (Wildman–Crippen MR) is 132 cm³/mol. The van der Waals surface area contributed by atoms with Gasteiger partial charge in [-0.25, -0.2) is 9.97 Å². The second-order valence-electron chi connectivity index (χ2n) is 9.32. The molecule has 3 aliphatic rings. The lowest BCUT2D eigenvalue weighted by Crippen LogP contribution is -2.57. The highest BCUT2D eigenvalue weighted by molar-refractivity contribution is 5.89. The maximum Gasteiger partial charge on any atom is 0.239 e. The molecule has 0 bridgehead atoms. The molecule has 1 unspecified atom stereocenters. The van der Waals surface area contributed by atoms with Gasteiger partial charge in [-0.05, 0) is 43.0 Å². The number of rotatable bonds is 6. The maximum atomic E-state index is 12.8. The van der Waals surface area contributed by atoms with Crippen LogP contribution in [0.3, 0.4) is 0 Å². The first-order chi connectivity index (χ1) is 17.1. The van der Waals surface area contributed by atoms with E-state index in [0.717, 1.165) is 55.4 Å². The number of aromatic nitrogens is 2. The van der Waals surface area contributed by atoms with E-state index in [0.29, 0.717) is 38.0 Å². The van der Waals surface area contributed by atoms with Crippen molar-refractivity contribution in [1.82, 2.24) is 15.3 Å². The van der Waals surface area contributed by atoms with Crippen LogP contribution in [0.1, 0.15) is 19.8 Å². The van der Waals surface area contributed by atoms with Crippen molar-refractivity contribution in [3.63, 3.8) is 0 Å². The van der Waals surface area contributed by atoms with Crippen LogP contribution in [0, 0.1) is 5.92 Å². The largest absolute Gasteiger partial charge is 0.381 e. The third kappa shape index (κ3) is 5.54. The van der Waals surface area contributed by atoms with Crippen LogP contribution in [-0.4, -0.2) is 80.4 Å². The average molecular weight is 481 g/mol. The Labute approximate surface area is 205 Å². The van der Waals surface area contributed by atoms with E-state index in [4.69, 9.17) is 14.5 Å². The van der Waals surface area contributed by atoms with E-state index in [2.05, 4.69) is 25.4 Å². The summed E-state index contributed by atoms with van der Waals surface area (Å²) in [5.41, 5.74) is 2.45. The molecule has 2 saturated heterocycles. The lowest BCUT2D eigenvalue weighted by Gasteiger charge is -2.45. The first-order valence-corrected chi connectivity index (χ1v) is 12.3. The normalized spacial score (nSPS) is 20.1. The number of carbonyl (C=O) groups excluding carboxylic acids is 2. The molecule has 2 amide bonds. The van der Waals surface area contributed by atoms with Gasteiger partial charge in [-0.3, -0.25) is 9.59 Å². The Morgan fingerprint density at radius 2 is 1.91 bits per heavy atom. The third-order valence-electron chi connectivity index (χ3n) is 6.75. The van der Waals surface area contributed by atoms with E-state index in [1.807, 2.05) is 30.5 Å².